The molecule has 0 aliphatic rings. The van der Waals surface area contributed by atoms with Gasteiger partial charge in [-0.15, -0.1) is 0 Å². The molecule has 0 aromatic heterocycles. The maximum atomic E-state index is 8.70. The Kier molecular flexibility index (Phi) is 7.46. The normalized spacial score (nSPS) is 11.6. The van der Waals surface area contributed by atoms with Crippen LogP contribution in [0.3, 0.4) is 0 Å². The SMILES string of the molecule is CCOCCCNCc1ccc(/C(N)=N/O)c(OC)c1. The summed E-state index contributed by atoms with van der Waals surface area (Å²) in [5.41, 5.74) is 7.23. The van der Waals surface area contributed by atoms with E-state index in [0.717, 1.165) is 38.3 Å². The van der Waals surface area contributed by atoms with Crippen LogP contribution in [-0.4, -0.2) is 37.9 Å². The molecule has 0 spiro atoms. The van der Waals surface area contributed by atoms with Crippen LogP contribution in [0.5, 0.6) is 5.75 Å². The van der Waals surface area contributed by atoms with Crippen LogP contribution in [0.25, 0.3) is 0 Å². The van der Waals surface area contributed by atoms with E-state index in [9.17, 15) is 0 Å². The lowest BCUT2D eigenvalue weighted by Crippen LogP contribution is -2.17. The number of rotatable bonds is 9. The molecule has 0 atom stereocenters. The number of nitrogens with zero attached hydrogens (tertiary/aromatic N) is 1. The molecule has 0 aliphatic heterocycles. The summed E-state index contributed by atoms with van der Waals surface area (Å²) in [4.78, 5) is 0. The third-order valence-electron chi connectivity index (χ3n) is 2.83. The lowest BCUT2D eigenvalue weighted by molar-refractivity contribution is 0.144. The molecule has 0 bridgehead atoms. The third kappa shape index (κ3) is 5.07. The van der Waals surface area contributed by atoms with E-state index in [0.29, 0.717) is 11.3 Å². The predicted molar refractivity (Wildman–Crippen MR) is 78.3 cm³/mol. The summed E-state index contributed by atoms with van der Waals surface area (Å²) in [6.45, 7) is 5.15. The molecule has 112 valence electrons. The lowest BCUT2D eigenvalue weighted by Gasteiger charge is -2.10. The molecule has 20 heavy (non-hydrogen) atoms. The predicted octanol–water partition coefficient (Wildman–Crippen LogP) is 1.31. The fourth-order valence-electron chi connectivity index (χ4n) is 1.79. The molecule has 0 unspecified atom stereocenters. The number of oxime groups is 1. The van der Waals surface area contributed by atoms with Crippen molar-refractivity contribution in [3.05, 3.63) is 29.3 Å². The molecular formula is C14H23N3O3. The molecular weight excluding hydrogens is 258 g/mol. The molecule has 0 aliphatic carbocycles. The number of amidine groups is 1. The Balaban J connectivity index is 2.51. The Bertz CT molecular complexity index is 436. The van der Waals surface area contributed by atoms with Gasteiger partial charge in [0.25, 0.3) is 0 Å². The van der Waals surface area contributed by atoms with Crippen molar-refractivity contribution in [1.29, 1.82) is 0 Å². The first kappa shape index (κ1) is 16.3. The van der Waals surface area contributed by atoms with Crippen molar-refractivity contribution in [3.8, 4) is 5.75 Å². The van der Waals surface area contributed by atoms with Crippen molar-refractivity contribution in [3.63, 3.8) is 0 Å². The van der Waals surface area contributed by atoms with Crippen molar-refractivity contribution < 1.29 is 14.7 Å². The molecule has 0 heterocycles. The zero-order valence-corrected chi connectivity index (χ0v) is 12.1. The summed E-state index contributed by atoms with van der Waals surface area (Å²) in [6.07, 6.45) is 0.979. The van der Waals surface area contributed by atoms with E-state index in [1.165, 1.54) is 0 Å². The Morgan fingerprint density at radius 3 is 2.90 bits per heavy atom. The Morgan fingerprint density at radius 2 is 2.25 bits per heavy atom. The Hall–Kier alpha value is -1.79. The molecule has 0 saturated heterocycles. The number of hydrogen-bond acceptors (Lipinski definition) is 5. The molecule has 4 N–H and O–H groups in total. The first-order valence-corrected chi connectivity index (χ1v) is 6.66. The zero-order valence-electron chi connectivity index (χ0n) is 12.1. The second-order valence-corrected chi connectivity index (χ2v) is 4.25. The number of benzene rings is 1. The second kappa shape index (κ2) is 9.17. The maximum absolute atomic E-state index is 8.70. The van der Waals surface area contributed by atoms with Crippen LogP contribution in [0.4, 0.5) is 0 Å². The van der Waals surface area contributed by atoms with Gasteiger partial charge < -0.3 is 25.7 Å². The van der Waals surface area contributed by atoms with E-state index in [1.807, 2.05) is 19.1 Å². The smallest absolute Gasteiger partial charge is 0.173 e. The van der Waals surface area contributed by atoms with Gasteiger partial charge in [-0.2, -0.15) is 0 Å². The van der Waals surface area contributed by atoms with Crippen molar-refractivity contribution >= 4 is 5.84 Å². The first-order chi connectivity index (χ1) is 9.72. The molecule has 6 heteroatoms. The monoisotopic (exact) mass is 281 g/mol. The van der Waals surface area contributed by atoms with Crippen molar-refractivity contribution in [1.82, 2.24) is 5.32 Å². The zero-order chi connectivity index (χ0) is 14.8. The fraction of sp³-hybridized carbons (Fsp3) is 0.500. The van der Waals surface area contributed by atoms with E-state index in [2.05, 4.69) is 10.5 Å². The highest BCUT2D eigenvalue weighted by Gasteiger charge is 2.08. The second-order valence-electron chi connectivity index (χ2n) is 4.25. The minimum Gasteiger partial charge on any atom is -0.496 e. The van der Waals surface area contributed by atoms with Gasteiger partial charge in [-0.25, -0.2) is 0 Å². The maximum Gasteiger partial charge on any atom is 0.173 e. The number of nitrogens with one attached hydrogen (secondary N) is 1. The largest absolute Gasteiger partial charge is 0.496 e. The first-order valence-electron chi connectivity index (χ1n) is 6.66. The van der Waals surface area contributed by atoms with E-state index >= 15 is 0 Å². The van der Waals surface area contributed by atoms with Crippen LogP contribution in [0.15, 0.2) is 23.4 Å². The molecule has 1 aromatic carbocycles. The highest BCUT2D eigenvalue weighted by atomic mass is 16.5. The average Bonchev–Trinajstić information content (AvgIpc) is 2.49. The minimum absolute atomic E-state index is 0.0399. The van der Waals surface area contributed by atoms with Crippen molar-refractivity contribution in [2.75, 3.05) is 26.9 Å². The van der Waals surface area contributed by atoms with Crippen LogP contribution in [-0.2, 0) is 11.3 Å². The molecule has 1 rings (SSSR count). The Labute approximate surface area is 119 Å². The van der Waals surface area contributed by atoms with E-state index < -0.39 is 0 Å². The van der Waals surface area contributed by atoms with Gasteiger partial charge in [-0.05, 0) is 37.6 Å². The van der Waals surface area contributed by atoms with Crippen LogP contribution < -0.4 is 15.8 Å². The van der Waals surface area contributed by atoms with Crippen LogP contribution in [0.1, 0.15) is 24.5 Å². The van der Waals surface area contributed by atoms with Gasteiger partial charge in [0.1, 0.15) is 5.75 Å². The molecule has 1 aromatic rings. The van der Waals surface area contributed by atoms with Gasteiger partial charge in [0, 0.05) is 19.8 Å². The minimum atomic E-state index is 0.0399. The topological polar surface area (TPSA) is 89.1 Å². The van der Waals surface area contributed by atoms with E-state index in [-0.39, 0.29) is 5.84 Å². The number of hydrogen-bond donors (Lipinski definition) is 3. The molecule has 0 amide bonds. The van der Waals surface area contributed by atoms with Gasteiger partial charge in [0.15, 0.2) is 5.84 Å². The molecule has 6 nitrogen and oxygen atoms in total. The van der Waals surface area contributed by atoms with Gasteiger partial charge in [-0.1, -0.05) is 11.2 Å². The molecule has 0 fully saturated rings. The van der Waals surface area contributed by atoms with Crippen molar-refractivity contribution in [2.24, 2.45) is 10.9 Å². The third-order valence-corrected chi connectivity index (χ3v) is 2.83. The van der Waals surface area contributed by atoms with Gasteiger partial charge in [0.2, 0.25) is 0 Å². The molecule has 0 saturated carbocycles. The number of nitrogens with two attached hydrogens (primary N) is 1. The van der Waals surface area contributed by atoms with E-state index in [1.54, 1.807) is 13.2 Å². The highest BCUT2D eigenvalue weighted by Crippen LogP contribution is 2.19. The summed E-state index contributed by atoms with van der Waals surface area (Å²) < 4.78 is 10.5. The quantitative estimate of drug-likeness (QED) is 0.209. The summed E-state index contributed by atoms with van der Waals surface area (Å²) in [5, 5.41) is 15.0. The summed E-state index contributed by atoms with van der Waals surface area (Å²) in [5.74, 6) is 0.631. The van der Waals surface area contributed by atoms with Crippen LogP contribution >= 0.6 is 0 Å². The van der Waals surface area contributed by atoms with Gasteiger partial charge >= 0.3 is 0 Å². The summed E-state index contributed by atoms with van der Waals surface area (Å²) >= 11 is 0. The Morgan fingerprint density at radius 1 is 1.45 bits per heavy atom. The average molecular weight is 281 g/mol. The number of methoxy groups -OCH3 is 1. The van der Waals surface area contributed by atoms with Gasteiger partial charge in [0.05, 0.1) is 12.7 Å². The van der Waals surface area contributed by atoms with E-state index in [4.69, 9.17) is 20.4 Å². The highest BCUT2D eigenvalue weighted by molar-refractivity contribution is 5.99. The van der Waals surface area contributed by atoms with Crippen LogP contribution in [0, 0.1) is 0 Å². The van der Waals surface area contributed by atoms with Gasteiger partial charge in [-0.3, -0.25) is 0 Å². The molecule has 0 radical (unpaired) electrons. The lowest BCUT2D eigenvalue weighted by atomic mass is 10.1. The standard InChI is InChI=1S/C14H23N3O3/c1-3-20-8-4-7-16-10-11-5-6-12(14(15)17-18)13(9-11)19-2/h5-6,9,16,18H,3-4,7-8,10H2,1-2H3,(H2,15,17). The summed E-state index contributed by atoms with van der Waals surface area (Å²) in [6, 6.07) is 5.58. The fourth-order valence-corrected chi connectivity index (χ4v) is 1.79. The summed E-state index contributed by atoms with van der Waals surface area (Å²) in [7, 11) is 1.56. The number of ether oxygens (including phenoxy) is 2. The van der Waals surface area contributed by atoms with Crippen LogP contribution in [0.2, 0.25) is 0 Å². The van der Waals surface area contributed by atoms with Crippen molar-refractivity contribution in [2.45, 2.75) is 19.9 Å².